The largest absolute Gasteiger partial charge is 0.383 e. The van der Waals surface area contributed by atoms with Crippen LogP contribution in [0.2, 0.25) is 0 Å². The Labute approximate surface area is 152 Å². The van der Waals surface area contributed by atoms with Gasteiger partial charge in [0, 0.05) is 32.8 Å². The highest BCUT2D eigenvalue weighted by atomic mass is 16.5. The molecule has 2 N–H and O–H groups in total. The maximum atomic E-state index is 5.18. The van der Waals surface area contributed by atoms with E-state index in [0.717, 1.165) is 38.6 Å². The molecular weight excluding hydrogens is 312 g/mol. The topological polar surface area (TPSA) is 48.9 Å². The second kappa shape index (κ2) is 11.1. The molecular formula is C20H34N4O. The zero-order chi connectivity index (χ0) is 17.9. The van der Waals surface area contributed by atoms with Gasteiger partial charge in [0.1, 0.15) is 0 Å². The standard InChI is InChI=1S/C20H34N4O/c1-4-17(2)23-20(21-14-18-8-6-5-7-9-18)22-15-19-10-11-24(16-19)12-13-25-3/h5-9,17,19H,4,10-16H2,1-3H3,(H2,21,22,23). The Kier molecular flexibility index (Phi) is 8.77. The lowest BCUT2D eigenvalue weighted by atomic mass is 10.1. The molecule has 0 amide bonds. The van der Waals surface area contributed by atoms with Crippen molar-refractivity contribution in [3.8, 4) is 0 Å². The highest BCUT2D eigenvalue weighted by molar-refractivity contribution is 5.80. The van der Waals surface area contributed by atoms with E-state index in [9.17, 15) is 0 Å². The van der Waals surface area contributed by atoms with Crippen molar-refractivity contribution in [2.24, 2.45) is 10.9 Å². The Balaban J connectivity index is 1.84. The van der Waals surface area contributed by atoms with Gasteiger partial charge in [0.25, 0.3) is 0 Å². The molecule has 2 rings (SSSR count). The molecule has 1 aromatic rings. The van der Waals surface area contributed by atoms with Gasteiger partial charge < -0.3 is 20.3 Å². The van der Waals surface area contributed by atoms with Crippen molar-refractivity contribution in [2.45, 2.75) is 39.3 Å². The van der Waals surface area contributed by atoms with Crippen LogP contribution in [0.5, 0.6) is 0 Å². The molecule has 1 saturated heterocycles. The predicted molar refractivity (Wildman–Crippen MR) is 105 cm³/mol. The third-order valence-electron chi connectivity index (χ3n) is 4.80. The molecule has 2 unspecified atom stereocenters. The molecule has 0 bridgehead atoms. The molecule has 140 valence electrons. The average molecular weight is 347 g/mol. The number of guanidine groups is 1. The van der Waals surface area contributed by atoms with Crippen LogP contribution in [0.1, 0.15) is 32.3 Å². The summed E-state index contributed by atoms with van der Waals surface area (Å²) in [6.07, 6.45) is 2.33. The molecule has 1 heterocycles. The van der Waals surface area contributed by atoms with Gasteiger partial charge in [-0.15, -0.1) is 0 Å². The third-order valence-corrected chi connectivity index (χ3v) is 4.80. The van der Waals surface area contributed by atoms with E-state index in [1.54, 1.807) is 7.11 Å². The van der Waals surface area contributed by atoms with E-state index in [0.29, 0.717) is 18.5 Å². The summed E-state index contributed by atoms with van der Waals surface area (Å²) in [6.45, 7) is 10.2. The van der Waals surface area contributed by atoms with Crippen LogP contribution >= 0.6 is 0 Å². The highest BCUT2D eigenvalue weighted by Crippen LogP contribution is 2.14. The zero-order valence-corrected chi connectivity index (χ0v) is 16.0. The summed E-state index contributed by atoms with van der Waals surface area (Å²) in [5.41, 5.74) is 1.24. The Morgan fingerprint density at radius 2 is 2.16 bits per heavy atom. The van der Waals surface area contributed by atoms with E-state index in [4.69, 9.17) is 9.73 Å². The number of methoxy groups -OCH3 is 1. The molecule has 0 saturated carbocycles. The van der Waals surface area contributed by atoms with Crippen molar-refractivity contribution >= 4 is 5.96 Å². The van der Waals surface area contributed by atoms with E-state index >= 15 is 0 Å². The Morgan fingerprint density at radius 1 is 1.36 bits per heavy atom. The molecule has 5 heteroatoms. The van der Waals surface area contributed by atoms with Crippen LogP contribution in [-0.4, -0.2) is 56.8 Å². The van der Waals surface area contributed by atoms with Crippen LogP contribution in [0.25, 0.3) is 0 Å². The maximum Gasteiger partial charge on any atom is 0.191 e. The Bertz CT molecular complexity index is 506. The summed E-state index contributed by atoms with van der Waals surface area (Å²) in [7, 11) is 1.77. The van der Waals surface area contributed by atoms with Crippen molar-refractivity contribution in [3.63, 3.8) is 0 Å². The second-order valence-corrected chi connectivity index (χ2v) is 6.93. The molecule has 0 aliphatic carbocycles. The van der Waals surface area contributed by atoms with Gasteiger partial charge in [-0.1, -0.05) is 37.3 Å². The minimum Gasteiger partial charge on any atom is -0.383 e. The van der Waals surface area contributed by atoms with E-state index in [1.807, 2.05) is 6.07 Å². The van der Waals surface area contributed by atoms with E-state index in [-0.39, 0.29) is 0 Å². The summed E-state index contributed by atoms with van der Waals surface area (Å²) < 4.78 is 5.18. The lowest BCUT2D eigenvalue weighted by Gasteiger charge is -2.20. The van der Waals surface area contributed by atoms with E-state index < -0.39 is 0 Å². The first kappa shape index (κ1) is 19.7. The van der Waals surface area contributed by atoms with Crippen molar-refractivity contribution in [1.29, 1.82) is 0 Å². The number of nitrogens with zero attached hydrogens (tertiary/aromatic N) is 2. The number of ether oxygens (including phenoxy) is 1. The summed E-state index contributed by atoms with van der Waals surface area (Å²) in [5, 5.41) is 7.07. The van der Waals surface area contributed by atoms with Crippen molar-refractivity contribution in [3.05, 3.63) is 35.9 Å². The van der Waals surface area contributed by atoms with Crippen LogP contribution < -0.4 is 10.6 Å². The van der Waals surface area contributed by atoms with Gasteiger partial charge in [0.05, 0.1) is 13.2 Å². The van der Waals surface area contributed by atoms with Gasteiger partial charge in [0.2, 0.25) is 0 Å². The van der Waals surface area contributed by atoms with Gasteiger partial charge in [-0.3, -0.25) is 0 Å². The average Bonchev–Trinajstić information content (AvgIpc) is 3.10. The number of rotatable bonds is 9. The van der Waals surface area contributed by atoms with Gasteiger partial charge in [-0.2, -0.15) is 0 Å². The van der Waals surface area contributed by atoms with Crippen LogP contribution in [-0.2, 0) is 11.3 Å². The quantitative estimate of drug-likeness (QED) is 0.533. The fraction of sp³-hybridized carbons (Fsp3) is 0.650. The van der Waals surface area contributed by atoms with Gasteiger partial charge in [-0.25, -0.2) is 4.99 Å². The number of nitrogens with one attached hydrogen (secondary N) is 2. The predicted octanol–water partition coefficient (Wildman–Crippen LogP) is 2.49. The summed E-state index contributed by atoms with van der Waals surface area (Å²) in [4.78, 5) is 7.26. The summed E-state index contributed by atoms with van der Waals surface area (Å²) in [5.74, 6) is 1.60. The zero-order valence-electron chi connectivity index (χ0n) is 16.0. The molecule has 1 aliphatic rings. The highest BCUT2D eigenvalue weighted by Gasteiger charge is 2.22. The smallest absolute Gasteiger partial charge is 0.191 e. The number of hydrogen-bond acceptors (Lipinski definition) is 3. The summed E-state index contributed by atoms with van der Waals surface area (Å²) in [6, 6.07) is 10.8. The first-order valence-corrected chi connectivity index (χ1v) is 9.51. The number of likely N-dealkylation sites (tertiary alicyclic amines) is 1. The fourth-order valence-electron chi connectivity index (χ4n) is 2.99. The first-order valence-electron chi connectivity index (χ1n) is 9.51. The molecule has 0 spiro atoms. The number of benzene rings is 1. The molecule has 0 radical (unpaired) electrons. The van der Waals surface area contributed by atoms with Crippen LogP contribution in [0, 0.1) is 5.92 Å². The SMILES string of the molecule is CCC(C)NC(=NCc1ccccc1)NCC1CCN(CCOC)C1. The third kappa shape index (κ3) is 7.45. The normalized spacial score (nSPS) is 19.8. The van der Waals surface area contributed by atoms with Gasteiger partial charge in [-0.05, 0) is 37.8 Å². The van der Waals surface area contributed by atoms with Gasteiger partial charge >= 0.3 is 0 Å². The van der Waals surface area contributed by atoms with Gasteiger partial charge in [0.15, 0.2) is 5.96 Å². The van der Waals surface area contributed by atoms with Crippen molar-refractivity contribution in [1.82, 2.24) is 15.5 Å². The lowest BCUT2D eigenvalue weighted by Crippen LogP contribution is -2.44. The van der Waals surface area contributed by atoms with Crippen LogP contribution in [0.4, 0.5) is 0 Å². The lowest BCUT2D eigenvalue weighted by molar-refractivity contribution is 0.159. The maximum absolute atomic E-state index is 5.18. The summed E-state index contributed by atoms with van der Waals surface area (Å²) >= 11 is 0. The second-order valence-electron chi connectivity index (χ2n) is 6.93. The van der Waals surface area contributed by atoms with Crippen LogP contribution in [0.15, 0.2) is 35.3 Å². The molecule has 5 nitrogen and oxygen atoms in total. The van der Waals surface area contributed by atoms with Crippen molar-refractivity contribution < 1.29 is 4.74 Å². The Hall–Kier alpha value is -1.59. The molecule has 25 heavy (non-hydrogen) atoms. The van der Waals surface area contributed by atoms with E-state index in [1.165, 1.54) is 18.5 Å². The molecule has 1 fully saturated rings. The first-order chi connectivity index (χ1) is 12.2. The molecule has 1 aliphatic heterocycles. The van der Waals surface area contributed by atoms with Crippen LogP contribution in [0.3, 0.4) is 0 Å². The molecule has 2 atom stereocenters. The number of hydrogen-bond donors (Lipinski definition) is 2. The van der Waals surface area contributed by atoms with E-state index in [2.05, 4.69) is 53.6 Å². The minimum absolute atomic E-state index is 0.420. The molecule has 1 aromatic carbocycles. The monoisotopic (exact) mass is 346 g/mol. The molecule has 0 aromatic heterocycles. The van der Waals surface area contributed by atoms with Crippen molar-refractivity contribution in [2.75, 3.05) is 39.9 Å². The Morgan fingerprint density at radius 3 is 2.88 bits per heavy atom. The number of aliphatic imine (C=N–C) groups is 1. The fourth-order valence-corrected chi connectivity index (χ4v) is 2.99. The minimum atomic E-state index is 0.420.